The van der Waals surface area contributed by atoms with Crippen molar-refractivity contribution < 1.29 is 23.9 Å². The lowest BCUT2D eigenvalue weighted by atomic mass is 9.73. The largest absolute Gasteiger partial charge is 0.456 e. The minimum absolute atomic E-state index is 0.0270. The molecule has 2 aliphatic rings. The predicted molar refractivity (Wildman–Crippen MR) is 90.2 cm³/mol. The van der Waals surface area contributed by atoms with Crippen LogP contribution in [0.25, 0.3) is 0 Å². The van der Waals surface area contributed by atoms with Crippen molar-refractivity contribution in [3.05, 3.63) is 22.4 Å². The molecule has 0 aromatic carbocycles. The molecule has 1 aliphatic heterocycles. The summed E-state index contributed by atoms with van der Waals surface area (Å²) in [5, 5.41) is 4.53. The Bertz CT molecular complexity index is 702. The molecular formula is C17H20N2O5S. The summed E-state index contributed by atoms with van der Waals surface area (Å²) in [6.07, 6.45) is 3.34. The van der Waals surface area contributed by atoms with Crippen LogP contribution in [-0.2, 0) is 14.3 Å². The second kappa shape index (κ2) is 6.95. The number of nitrogens with one attached hydrogen (secondary N) is 1. The van der Waals surface area contributed by atoms with Crippen LogP contribution in [0.3, 0.4) is 0 Å². The molecule has 25 heavy (non-hydrogen) atoms. The van der Waals surface area contributed by atoms with Crippen molar-refractivity contribution in [2.75, 3.05) is 13.2 Å². The van der Waals surface area contributed by atoms with E-state index in [4.69, 9.17) is 4.74 Å². The number of amides is 3. The molecule has 1 saturated heterocycles. The van der Waals surface area contributed by atoms with Crippen LogP contribution < -0.4 is 5.32 Å². The number of nitrogens with zero attached hydrogens (tertiary/aromatic N) is 1. The van der Waals surface area contributed by atoms with Crippen molar-refractivity contribution in [1.82, 2.24) is 10.2 Å². The van der Waals surface area contributed by atoms with Gasteiger partial charge in [0.2, 0.25) is 5.78 Å². The highest BCUT2D eigenvalue weighted by atomic mass is 32.1. The number of imide groups is 1. The fourth-order valence-corrected chi connectivity index (χ4v) is 4.12. The van der Waals surface area contributed by atoms with Crippen LogP contribution in [0, 0.1) is 5.92 Å². The van der Waals surface area contributed by atoms with Gasteiger partial charge in [0.1, 0.15) is 12.1 Å². The van der Waals surface area contributed by atoms with Gasteiger partial charge in [0.15, 0.2) is 6.61 Å². The van der Waals surface area contributed by atoms with Crippen LogP contribution in [-0.4, -0.2) is 47.3 Å². The summed E-state index contributed by atoms with van der Waals surface area (Å²) in [7, 11) is 0. The topological polar surface area (TPSA) is 92.8 Å². The fraction of sp³-hybridized carbons (Fsp3) is 0.529. The number of ketones is 1. The SMILES string of the molecule is C[C@@H]1CCCC[C@]12NC(=O)N(CC(=O)OCC(=O)c1cccs1)C2=O. The van der Waals surface area contributed by atoms with E-state index in [9.17, 15) is 19.2 Å². The molecule has 2 heterocycles. The number of rotatable bonds is 5. The van der Waals surface area contributed by atoms with E-state index in [2.05, 4.69) is 5.32 Å². The van der Waals surface area contributed by atoms with Crippen molar-refractivity contribution in [3.63, 3.8) is 0 Å². The molecule has 3 rings (SSSR count). The quantitative estimate of drug-likeness (QED) is 0.490. The standard InChI is InChI=1S/C17H20N2O5S/c1-11-5-2-3-7-17(11)15(22)19(16(23)18-17)9-14(21)24-10-12(20)13-6-4-8-25-13/h4,6,8,11H,2-3,5,7,9-10H2,1H3,(H,18,23)/t11-,17+/m1/s1. The number of Topliss-reactive ketones (excluding diaryl/α,β-unsaturated/α-hetero) is 1. The Hall–Kier alpha value is -2.22. The summed E-state index contributed by atoms with van der Waals surface area (Å²) in [5.74, 6) is -1.42. The zero-order valence-corrected chi connectivity index (χ0v) is 14.8. The van der Waals surface area contributed by atoms with E-state index < -0.39 is 30.7 Å². The van der Waals surface area contributed by atoms with Crippen LogP contribution in [0.4, 0.5) is 4.79 Å². The van der Waals surface area contributed by atoms with E-state index in [1.54, 1.807) is 17.5 Å². The summed E-state index contributed by atoms with van der Waals surface area (Å²) in [5.41, 5.74) is -0.900. The van der Waals surface area contributed by atoms with Crippen molar-refractivity contribution in [1.29, 1.82) is 0 Å². The minimum Gasteiger partial charge on any atom is -0.456 e. The molecule has 0 radical (unpaired) electrons. The smallest absolute Gasteiger partial charge is 0.326 e. The number of carbonyl (C=O) groups is 4. The van der Waals surface area contributed by atoms with Gasteiger partial charge in [-0.15, -0.1) is 11.3 Å². The highest BCUT2D eigenvalue weighted by molar-refractivity contribution is 7.12. The normalized spacial score (nSPS) is 26.0. The molecule has 0 unspecified atom stereocenters. The van der Waals surface area contributed by atoms with E-state index in [1.807, 2.05) is 6.92 Å². The Balaban J connectivity index is 1.58. The molecule has 1 saturated carbocycles. The maximum atomic E-state index is 12.7. The fourth-order valence-electron chi connectivity index (χ4n) is 3.47. The summed E-state index contributed by atoms with van der Waals surface area (Å²) in [6, 6.07) is 2.81. The van der Waals surface area contributed by atoms with E-state index in [-0.39, 0.29) is 17.6 Å². The third-order valence-corrected chi connectivity index (χ3v) is 5.86. The molecule has 3 amide bonds. The van der Waals surface area contributed by atoms with Gasteiger partial charge in [-0.2, -0.15) is 0 Å². The van der Waals surface area contributed by atoms with E-state index in [0.29, 0.717) is 11.3 Å². The van der Waals surface area contributed by atoms with Crippen LogP contribution in [0.1, 0.15) is 42.3 Å². The van der Waals surface area contributed by atoms with Crippen LogP contribution in [0.2, 0.25) is 0 Å². The first kappa shape index (κ1) is 17.6. The van der Waals surface area contributed by atoms with Gasteiger partial charge in [0.05, 0.1) is 4.88 Å². The van der Waals surface area contributed by atoms with Gasteiger partial charge in [0.25, 0.3) is 5.91 Å². The molecule has 0 bridgehead atoms. The number of ether oxygens (including phenoxy) is 1. The van der Waals surface area contributed by atoms with Gasteiger partial charge in [-0.1, -0.05) is 25.8 Å². The molecule has 1 N–H and O–H groups in total. The van der Waals surface area contributed by atoms with Gasteiger partial charge >= 0.3 is 12.0 Å². The summed E-state index contributed by atoms with van der Waals surface area (Å²) < 4.78 is 4.93. The summed E-state index contributed by atoms with van der Waals surface area (Å²) >= 11 is 1.26. The van der Waals surface area contributed by atoms with Gasteiger partial charge in [-0.25, -0.2) is 4.79 Å². The minimum atomic E-state index is -0.900. The van der Waals surface area contributed by atoms with Crippen molar-refractivity contribution in [2.45, 2.75) is 38.1 Å². The predicted octanol–water partition coefficient (Wildman–Crippen LogP) is 1.97. The second-order valence-electron chi connectivity index (χ2n) is 6.50. The summed E-state index contributed by atoms with van der Waals surface area (Å²) in [4.78, 5) is 50.1. The lowest BCUT2D eigenvalue weighted by Gasteiger charge is -2.36. The third kappa shape index (κ3) is 3.30. The van der Waals surface area contributed by atoms with Crippen molar-refractivity contribution in [2.24, 2.45) is 5.92 Å². The maximum absolute atomic E-state index is 12.7. The van der Waals surface area contributed by atoms with Gasteiger partial charge in [-0.3, -0.25) is 19.3 Å². The van der Waals surface area contributed by atoms with Gasteiger partial charge in [-0.05, 0) is 30.2 Å². The lowest BCUT2D eigenvalue weighted by molar-refractivity contribution is -0.147. The Kier molecular flexibility index (Phi) is 4.89. The number of esters is 1. The average Bonchev–Trinajstić information content (AvgIpc) is 3.20. The first-order valence-corrected chi connectivity index (χ1v) is 9.18. The Morgan fingerprint density at radius 1 is 1.40 bits per heavy atom. The molecule has 134 valence electrons. The molecular weight excluding hydrogens is 344 g/mol. The Morgan fingerprint density at radius 3 is 2.88 bits per heavy atom. The first-order chi connectivity index (χ1) is 11.9. The highest BCUT2D eigenvalue weighted by Gasteiger charge is 2.55. The average molecular weight is 364 g/mol. The van der Waals surface area contributed by atoms with Crippen molar-refractivity contribution in [3.8, 4) is 0 Å². The van der Waals surface area contributed by atoms with Crippen LogP contribution >= 0.6 is 11.3 Å². The Morgan fingerprint density at radius 2 is 2.20 bits per heavy atom. The zero-order chi connectivity index (χ0) is 18.0. The van der Waals surface area contributed by atoms with Gasteiger partial charge in [0, 0.05) is 0 Å². The third-order valence-electron chi connectivity index (χ3n) is 4.95. The number of carbonyl (C=O) groups excluding carboxylic acids is 4. The van der Waals surface area contributed by atoms with Crippen molar-refractivity contribution >= 4 is 35.0 Å². The first-order valence-electron chi connectivity index (χ1n) is 8.30. The number of hydrogen-bond donors (Lipinski definition) is 1. The molecule has 1 aromatic rings. The number of urea groups is 1. The lowest BCUT2D eigenvalue weighted by Crippen LogP contribution is -2.54. The number of thiophene rings is 1. The van der Waals surface area contributed by atoms with Crippen LogP contribution in [0.15, 0.2) is 17.5 Å². The molecule has 2 atom stereocenters. The molecule has 7 nitrogen and oxygen atoms in total. The Labute approximate surface area is 149 Å². The van der Waals surface area contributed by atoms with E-state index in [0.717, 1.165) is 24.2 Å². The maximum Gasteiger partial charge on any atom is 0.326 e. The second-order valence-corrected chi connectivity index (χ2v) is 7.45. The van der Waals surface area contributed by atoms with E-state index >= 15 is 0 Å². The molecule has 1 aromatic heterocycles. The molecule has 2 fully saturated rings. The highest BCUT2D eigenvalue weighted by Crippen LogP contribution is 2.38. The van der Waals surface area contributed by atoms with Crippen LogP contribution in [0.5, 0.6) is 0 Å². The monoisotopic (exact) mass is 364 g/mol. The van der Waals surface area contributed by atoms with Gasteiger partial charge < -0.3 is 10.1 Å². The summed E-state index contributed by atoms with van der Waals surface area (Å²) in [6.45, 7) is 1.07. The molecule has 8 heteroatoms. The van der Waals surface area contributed by atoms with E-state index in [1.165, 1.54) is 11.3 Å². The molecule has 1 aliphatic carbocycles. The zero-order valence-electron chi connectivity index (χ0n) is 13.9. The molecule has 1 spiro atoms. The number of hydrogen-bond acceptors (Lipinski definition) is 6.